The monoisotopic (exact) mass is 336 g/mol. The number of nitrogens with one attached hydrogen (secondary N) is 2. The summed E-state index contributed by atoms with van der Waals surface area (Å²) in [6.07, 6.45) is 1.27. The summed E-state index contributed by atoms with van der Waals surface area (Å²) in [7, 11) is 0. The molecule has 0 spiro atoms. The van der Waals surface area contributed by atoms with Crippen LogP contribution in [0.25, 0.3) is 0 Å². The Bertz CT molecular complexity index is 898. The van der Waals surface area contributed by atoms with Crippen LogP contribution in [0.4, 0.5) is 15.9 Å². The molecule has 1 aromatic heterocycles. The molecule has 0 unspecified atom stereocenters. The molecule has 25 heavy (non-hydrogen) atoms. The van der Waals surface area contributed by atoms with E-state index in [1.54, 1.807) is 18.2 Å². The largest absolute Gasteiger partial charge is 0.347 e. The van der Waals surface area contributed by atoms with Gasteiger partial charge in [0.15, 0.2) is 0 Å². The zero-order valence-electron chi connectivity index (χ0n) is 13.7. The number of aryl methyl sites for hydroxylation is 1. The fourth-order valence-electron chi connectivity index (χ4n) is 2.32. The maximum absolute atomic E-state index is 13.7. The molecule has 0 saturated heterocycles. The van der Waals surface area contributed by atoms with Gasteiger partial charge in [0, 0.05) is 12.6 Å². The molecule has 0 bridgehead atoms. The van der Waals surface area contributed by atoms with Crippen molar-refractivity contribution in [3.05, 3.63) is 83.6 Å². The van der Waals surface area contributed by atoms with Gasteiger partial charge >= 0.3 is 0 Å². The second-order valence-corrected chi connectivity index (χ2v) is 5.50. The normalized spacial score (nSPS) is 10.3. The third kappa shape index (κ3) is 4.17. The Kier molecular flexibility index (Phi) is 4.99. The minimum absolute atomic E-state index is 0.211. The van der Waals surface area contributed by atoms with Gasteiger partial charge in [0.25, 0.3) is 5.91 Å². The summed E-state index contributed by atoms with van der Waals surface area (Å²) in [5.41, 5.74) is 2.64. The molecule has 126 valence electrons. The third-order valence-electron chi connectivity index (χ3n) is 3.74. The SMILES string of the molecule is Cc1ccccc1CNC(=O)c1cc(Nc2ccccc2F)ncn1. The van der Waals surface area contributed by atoms with E-state index in [-0.39, 0.29) is 17.3 Å². The molecule has 0 atom stereocenters. The smallest absolute Gasteiger partial charge is 0.270 e. The molecule has 0 fully saturated rings. The van der Waals surface area contributed by atoms with Crippen molar-refractivity contribution in [2.45, 2.75) is 13.5 Å². The van der Waals surface area contributed by atoms with Gasteiger partial charge in [0.05, 0.1) is 5.69 Å². The van der Waals surface area contributed by atoms with Gasteiger partial charge in [-0.3, -0.25) is 4.79 Å². The lowest BCUT2D eigenvalue weighted by molar-refractivity contribution is 0.0945. The van der Waals surface area contributed by atoms with Gasteiger partial charge in [0.2, 0.25) is 0 Å². The summed E-state index contributed by atoms with van der Waals surface area (Å²) >= 11 is 0. The average Bonchev–Trinajstić information content (AvgIpc) is 2.63. The molecule has 0 aliphatic carbocycles. The van der Waals surface area contributed by atoms with Crippen molar-refractivity contribution in [1.82, 2.24) is 15.3 Å². The number of hydrogen-bond acceptors (Lipinski definition) is 4. The number of hydrogen-bond donors (Lipinski definition) is 2. The molecular weight excluding hydrogens is 319 g/mol. The van der Waals surface area contributed by atoms with Crippen molar-refractivity contribution in [2.75, 3.05) is 5.32 Å². The predicted molar refractivity (Wildman–Crippen MR) is 94.1 cm³/mol. The average molecular weight is 336 g/mol. The van der Waals surface area contributed by atoms with Crippen LogP contribution in [0.2, 0.25) is 0 Å². The molecule has 2 N–H and O–H groups in total. The molecule has 0 aliphatic heterocycles. The van der Waals surface area contributed by atoms with E-state index < -0.39 is 5.82 Å². The lowest BCUT2D eigenvalue weighted by atomic mass is 10.1. The summed E-state index contributed by atoms with van der Waals surface area (Å²) in [5.74, 6) is -0.366. The van der Waals surface area contributed by atoms with Gasteiger partial charge in [-0.2, -0.15) is 0 Å². The van der Waals surface area contributed by atoms with Crippen molar-refractivity contribution in [3.63, 3.8) is 0 Å². The van der Waals surface area contributed by atoms with Crippen LogP contribution in [-0.4, -0.2) is 15.9 Å². The topological polar surface area (TPSA) is 66.9 Å². The fraction of sp³-hybridized carbons (Fsp3) is 0.105. The van der Waals surface area contributed by atoms with E-state index in [0.717, 1.165) is 11.1 Å². The maximum Gasteiger partial charge on any atom is 0.270 e. The van der Waals surface area contributed by atoms with E-state index in [4.69, 9.17) is 0 Å². The van der Waals surface area contributed by atoms with E-state index in [0.29, 0.717) is 12.4 Å². The summed E-state index contributed by atoms with van der Waals surface area (Å²) < 4.78 is 13.7. The van der Waals surface area contributed by atoms with Crippen LogP contribution >= 0.6 is 0 Å². The molecule has 5 nitrogen and oxygen atoms in total. The van der Waals surface area contributed by atoms with E-state index in [1.807, 2.05) is 31.2 Å². The Morgan fingerprint density at radius 2 is 1.84 bits per heavy atom. The second kappa shape index (κ2) is 7.53. The Hall–Kier alpha value is -3.28. The Morgan fingerprint density at radius 3 is 2.64 bits per heavy atom. The van der Waals surface area contributed by atoms with Gasteiger partial charge in [-0.15, -0.1) is 0 Å². The molecule has 6 heteroatoms. The molecule has 0 radical (unpaired) electrons. The zero-order chi connectivity index (χ0) is 17.6. The van der Waals surface area contributed by atoms with Crippen LogP contribution in [0.15, 0.2) is 60.9 Å². The number of aromatic nitrogens is 2. The molecule has 1 heterocycles. The number of anilines is 2. The third-order valence-corrected chi connectivity index (χ3v) is 3.74. The highest BCUT2D eigenvalue weighted by Crippen LogP contribution is 2.18. The highest BCUT2D eigenvalue weighted by Gasteiger charge is 2.10. The zero-order valence-corrected chi connectivity index (χ0v) is 13.7. The number of carbonyl (C=O) groups excluding carboxylic acids is 1. The van der Waals surface area contributed by atoms with Crippen LogP contribution in [0.3, 0.4) is 0 Å². The van der Waals surface area contributed by atoms with Gasteiger partial charge in [-0.25, -0.2) is 14.4 Å². The first-order valence-corrected chi connectivity index (χ1v) is 7.80. The van der Waals surface area contributed by atoms with Crippen molar-refractivity contribution in [1.29, 1.82) is 0 Å². The lowest BCUT2D eigenvalue weighted by Crippen LogP contribution is -2.24. The first-order valence-electron chi connectivity index (χ1n) is 7.80. The quantitative estimate of drug-likeness (QED) is 0.747. The first-order chi connectivity index (χ1) is 12.1. The van der Waals surface area contributed by atoms with Crippen LogP contribution in [0.5, 0.6) is 0 Å². The van der Waals surface area contributed by atoms with Gasteiger partial charge < -0.3 is 10.6 Å². The van der Waals surface area contributed by atoms with Gasteiger partial charge in [-0.05, 0) is 30.2 Å². The first kappa shape index (κ1) is 16.6. The van der Waals surface area contributed by atoms with Crippen molar-refractivity contribution >= 4 is 17.4 Å². The molecule has 3 aromatic rings. The standard InChI is InChI=1S/C19H17FN4O/c1-13-6-2-3-7-14(13)11-21-19(25)17-10-18(23-12-22-17)24-16-9-5-4-8-15(16)20/h2-10,12H,11H2,1H3,(H,21,25)(H,22,23,24). The minimum Gasteiger partial charge on any atom is -0.347 e. The summed E-state index contributed by atoms with van der Waals surface area (Å²) in [4.78, 5) is 20.3. The molecular formula is C19H17FN4O. The fourth-order valence-corrected chi connectivity index (χ4v) is 2.32. The highest BCUT2D eigenvalue weighted by molar-refractivity contribution is 5.92. The number of nitrogens with zero attached hydrogens (tertiary/aromatic N) is 2. The molecule has 2 aromatic carbocycles. The molecule has 1 amide bonds. The number of benzene rings is 2. The Morgan fingerprint density at radius 1 is 1.08 bits per heavy atom. The van der Waals surface area contributed by atoms with Crippen LogP contribution in [0, 0.1) is 12.7 Å². The number of amides is 1. The highest BCUT2D eigenvalue weighted by atomic mass is 19.1. The van der Waals surface area contributed by atoms with E-state index in [9.17, 15) is 9.18 Å². The molecule has 0 aliphatic rings. The minimum atomic E-state index is -0.397. The lowest BCUT2D eigenvalue weighted by Gasteiger charge is -2.09. The Balaban J connectivity index is 1.69. The van der Waals surface area contributed by atoms with E-state index in [1.165, 1.54) is 18.5 Å². The molecule has 3 rings (SSSR count). The van der Waals surface area contributed by atoms with Gasteiger partial charge in [-0.1, -0.05) is 36.4 Å². The van der Waals surface area contributed by atoms with Crippen LogP contribution in [0.1, 0.15) is 21.6 Å². The summed E-state index contributed by atoms with van der Waals surface area (Å²) in [6.45, 7) is 2.40. The Labute approximate surface area is 145 Å². The van der Waals surface area contributed by atoms with E-state index >= 15 is 0 Å². The number of rotatable bonds is 5. The second-order valence-electron chi connectivity index (χ2n) is 5.50. The van der Waals surface area contributed by atoms with E-state index in [2.05, 4.69) is 20.6 Å². The van der Waals surface area contributed by atoms with Crippen LogP contribution in [-0.2, 0) is 6.54 Å². The van der Waals surface area contributed by atoms with Crippen molar-refractivity contribution in [2.24, 2.45) is 0 Å². The maximum atomic E-state index is 13.7. The van der Waals surface area contributed by atoms with Gasteiger partial charge in [0.1, 0.15) is 23.7 Å². The number of para-hydroxylation sites is 1. The number of carbonyl (C=O) groups is 1. The van der Waals surface area contributed by atoms with Crippen LogP contribution < -0.4 is 10.6 Å². The summed E-state index contributed by atoms with van der Waals surface area (Å²) in [6, 6.07) is 15.6. The predicted octanol–water partition coefficient (Wildman–Crippen LogP) is 3.60. The number of halogens is 1. The van der Waals surface area contributed by atoms with Crippen molar-refractivity contribution < 1.29 is 9.18 Å². The molecule has 0 saturated carbocycles. The van der Waals surface area contributed by atoms with Crippen molar-refractivity contribution in [3.8, 4) is 0 Å². The summed E-state index contributed by atoms with van der Waals surface area (Å²) in [5, 5.41) is 5.67.